The summed E-state index contributed by atoms with van der Waals surface area (Å²) in [6.45, 7) is 1.68. The van der Waals surface area contributed by atoms with E-state index in [1.165, 1.54) is 4.68 Å². The number of nitrogens with zero attached hydrogens (tertiary/aromatic N) is 3. The quantitative estimate of drug-likeness (QED) is 0.827. The first-order valence-electron chi connectivity index (χ1n) is 7.74. The second kappa shape index (κ2) is 6.65. The van der Waals surface area contributed by atoms with Crippen LogP contribution < -0.4 is 5.32 Å². The number of benzene rings is 1. The molecule has 0 unspecified atom stereocenters. The standard InChI is InChI=1S/C16H16Cl2N4O3/c1-9-19-14(15(25)20-16(6-3-7-16)8-12(23)24)21-22(9)13-10(17)4-2-5-11(13)18/h2,4-5H,3,6-8H2,1H3,(H,20,25)(H,23,24). The number of rotatable bonds is 5. The summed E-state index contributed by atoms with van der Waals surface area (Å²) in [4.78, 5) is 27.7. The minimum atomic E-state index is -0.947. The summed E-state index contributed by atoms with van der Waals surface area (Å²) in [7, 11) is 0. The molecule has 9 heteroatoms. The highest BCUT2D eigenvalue weighted by Gasteiger charge is 2.41. The molecule has 0 bridgehead atoms. The lowest BCUT2D eigenvalue weighted by Gasteiger charge is -2.41. The van der Waals surface area contributed by atoms with Crippen LogP contribution in [0, 0.1) is 6.92 Å². The van der Waals surface area contributed by atoms with Crippen molar-refractivity contribution >= 4 is 35.1 Å². The molecule has 1 heterocycles. The van der Waals surface area contributed by atoms with Gasteiger partial charge in [-0.15, -0.1) is 5.10 Å². The molecule has 2 N–H and O–H groups in total. The highest BCUT2D eigenvalue weighted by Crippen LogP contribution is 2.35. The summed E-state index contributed by atoms with van der Waals surface area (Å²) in [6, 6.07) is 5.04. The predicted molar refractivity (Wildman–Crippen MR) is 92.4 cm³/mol. The number of carboxylic acids is 1. The van der Waals surface area contributed by atoms with Gasteiger partial charge in [0.2, 0.25) is 5.82 Å². The van der Waals surface area contributed by atoms with E-state index in [1.54, 1.807) is 25.1 Å². The molecule has 1 aliphatic carbocycles. The van der Waals surface area contributed by atoms with Gasteiger partial charge in [0.15, 0.2) is 0 Å². The number of amides is 1. The molecule has 2 aromatic rings. The van der Waals surface area contributed by atoms with Crippen molar-refractivity contribution in [1.82, 2.24) is 20.1 Å². The first kappa shape index (κ1) is 17.7. The zero-order chi connectivity index (χ0) is 18.2. The monoisotopic (exact) mass is 382 g/mol. The maximum atomic E-state index is 12.5. The van der Waals surface area contributed by atoms with Crippen LogP contribution in [0.4, 0.5) is 0 Å². The lowest BCUT2D eigenvalue weighted by atomic mass is 9.74. The van der Waals surface area contributed by atoms with Crippen molar-refractivity contribution < 1.29 is 14.7 Å². The number of hydrogen-bond acceptors (Lipinski definition) is 4. The summed E-state index contributed by atoms with van der Waals surface area (Å²) >= 11 is 12.4. The van der Waals surface area contributed by atoms with E-state index in [0.717, 1.165) is 6.42 Å². The van der Waals surface area contributed by atoms with Crippen molar-refractivity contribution in [2.75, 3.05) is 0 Å². The average Bonchev–Trinajstić information content (AvgIpc) is 2.86. The van der Waals surface area contributed by atoms with E-state index >= 15 is 0 Å². The normalized spacial score (nSPS) is 15.5. The molecule has 1 saturated carbocycles. The molecule has 1 aromatic carbocycles. The largest absolute Gasteiger partial charge is 0.481 e. The first-order valence-corrected chi connectivity index (χ1v) is 8.49. The number of aromatic nitrogens is 3. The molecule has 0 aliphatic heterocycles. The minimum Gasteiger partial charge on any atom is -0.481 e. The van der Waals surface area contributed by atoms with E-state index in [9.17, 15) is 9.59 Å². The predicted octanol–water partition coefficient (Wildman–Crippen LogP) is 3.01. The number of carbonyl (C=O) groups is 2. The number of carbonyl (C=O) groups excluding carboxylic acids is 1. The molecular weight excluding hydrogens is 367 g/mol. The van der Waals surface area contributed by atoms with Crippen molar-refractivity contribution in [3.63, 3.8) is 0 Å². The van der Waals surface area contributed by atoms with Crippen LogP contribution in [0.2, 0.25) is 10.0 Å². The van der Waals surface area contributed by atoms with Gasteiger partial charge in [0.05, 0.1) is 22.0 Å². The van der Waals surface area contributed by atoms with E-state index < -0.39 is 17.4 Å². The second-order valence-electron chi connectivity index (χ2n) is 6.12. The average molecular weight is 383 g/mol. The zero-order valence-electron chi connectivity index (χ0n) is 13.4. The van der Waals surface area contributed by atoms with Gasteiger partial charge in [-0.1, -0.05) is 29.3 Å². The number of carboxylic acid groups (broad SMARTS) is 1. The molecular formula is C16H16Cl2N4O3. The summed E-state index contributed by atoms with van der Waals surface area (Å²) < 4.78 is 1.41. The topological polar surface area (TPSA) is 97.1 Å². The van der Waals surface area contributed by atoms with Gasteiger partial charge in [-0.2, -0.15) is 0 Å². The summed E-state index contributed by atoms with van der Waals surface area (Å²) in [6.07, 6.45) is 2.01. The van der Waals surface area contributed by atoms with E-state index in [4.69, 9.17) is 28.3 Å². The van der Waals surface area contributed by atoms with Crippen LogP contribution in [0.1, 0.15) is 42.1 Å². The Morgan fingerprint density at radius 3 is 2.48 bits per heavy atom. The molecule has 0 spiro atoms. The molecule has 0 saturated heterocycles. The lowest BCUT2D eigenvalue weighted by Crippen LogP contribution is -2.54. The molecule has 7 nitrogen and oxygen atoms in total. The number of para-hydroxylation sites is 1. The summed E-state index contributed by atoms with van der Waals surface area (Å²) in [5.41, 5.74) is -0.275. The molecule has 1 aliphatic rings. The molecule has 1 amide bonds. The van der Waals surface area contributed by atoms with Crippen LogP contribution in [-0.4, -0.2) is 37.3 Å². The molecule has 25 heavy (non-hydrogen) atoms. The van der Waals surface area contributed by atoms with Crippen LogP contribution in [0.5, 0.6) is 0 Å². The molecule has 132 valence electrons. The highest BCUT2D eigenvalue weighted by atomic mass is 35.5. The van der Waals surface area contributed by atoms with Crippen LogP contribution in [0.25, 0.3) is 5.69 Å². The second-order valence-corrected chi connectivity index (χ2v) is 6.94. The fraction of sp³-hybridized carbons (Fsp3) is 0.375. The third-order valence-corrected chi connectivity index (χ3v) is 4.91. The Hall–Kier alpha value is -2.12. The smallest absolute Gasteiger partial charge is 0.305 e. The van der Waals surface area contributed by atoms with Crippen molar-refractivity contribution in [3.05, 3.63) is 39.9 Å². The maximum Gasteiger partial charge on any atom is 0.305 e. The Labute approximate surface area is 154 Å². The summed E-state index contributed by atoms with van der Waals surface area (Å²) in [5, 5.41) is 16.8. The van der Waals surface area contributed by atoms with E-state index in [-0.39, 0.29) is 12.2 Å². The van der Waals surface area contributed by atoms with E-state index in [0.29, 0.717) is 34.4 Å². The van der Waals surface area contributed by atoms with Crippen molar-refractivity contribution in [2.45, 2.75) is 38.1 Å². The molecule has 0 radical (unpaired) electrons. The minimum absolute atomic E-state index is 0.0508. The fourth-order valence-corrected chi connectivity index (χ4v) is 3.48. The Morgan fingerprint density at radius 2 is 1.96 bits per heavy atom. The van der Waals surface area contributed by atoms with Gasteiger partial charge in [0.1, 0.15) is 11.5 Å². The third-order valence-electron chi connectivity index (χ3n) is 4.30. The van der Waals surface area contributed by atoms with Gasteiger partial charge in [0, 0.05) is 0 Å². The van der Waals surface area contributed by atoms with Crippen molar-refractivity contribution in [3.8, 4) is 5.69 Å². The first-order chi connectivity index (χ1) is 11.8. The lowest BCUT2D eigenvalue weighted by molar-refractivity contribution is -0.139. The number of aliphatic carboxylic acids is 1. The van der Waals surface area contributed by atoms with E-state index in [1.807, 2.05) is 0 Å². The third kappa shape index (κ3) is 3.48. The van der Waals surface area contributed by atoms with Gasteiger partial charge < -0.3 is 10.4 Å². The van der Waals surface area contributed by atoms with Gasteiger partial charge in [-0.3, -0.25) is 9.59 Å². The van der Waals surface area contributed by atoms with Gasteiger partial charge in [-0.25, -0.2) is 9.67 Å². The van der Waals surface area contributed by atoms with Gasteiger partial charge in [-0.05, 0) is 38.3 Å². The highest BCUT2D eigenvalue weighted by molar-refractivity contribution is 6.37. The number of nitrogens with one attached hydrogen (secondary N) is 1. The van der Waals surface area contributed by atoms with Gasteiger partial charge >= 0.3 is 5.97 Å². The van der Waals surface area contributed by atoms with Crippen molar-refractivity contribution in [1.29, 1.82) is 0 Å². The Kier molecular flexibility index (Phi) is 4.71. The molecule has 0 atom stereocenters. The number of hydrogen-bond donors (Lipinski definition) is 2. The number of halogens is 2. The SMILES string of the molecule is Cc1nc(C(=O)NC2(CC(=O)O)CCC2)nn1-c1c(Cl)cccc1Cl. The fourth-order valence-electron chi connectivity index (χ4n) is 2.93. The van der Waals surface area contributed by atoms with Crippen molar-refractivity contribution in [2.24, 2.45) is 0 Å². The Morgan fingerprint density at radius 1 is 1.32 bits per heavy atom. The Balaban J connectivity index is 1.87. The van der Waals surface area contributed by atoms with Crippen LogP contribution in [0.3, 0.4) is 0 Å². The van der Waals surface area contributed by atoms with Gasteiger partial charge in [0.25, 0.3) is 5.91 Å². The molecule has 3 rings (SSSR count). The van der Waals surface area contributed by atoms with Crippen LogP contribution >= 0.6 is 23.2 Å². The van der Waals surface area contributed by atoms with Crippen LogP contribution in [-0.2, 0) is 4.79 Å². The zero-order valence-corrected chi connectivity index (χ0v) is 14.9. The number of aryl methyl sites for hydroxylation is 1. The van der Waals surface area contributed by atoms with E-state index in [2.05, 4.69) is 15.4 Å². The summed E-state index contributed by atoms with van der Waals surface area (Å²) in [5.74, 6) is -1.06. The maximum absolute atomic E-state index is 12.5. The molecule has 1 aromatic heterocycles. The van der Waals surface area contributed by atoms with Crippen LogP contribution in [0.15, 0.2) is 18.2 Å². The Bertz CT molecular complexity index is 826. The molecule has 1 fully saturated rings.